The van der Waals surface area contributed by atoms with E-state index in [1.54, 1.807) is 6.07 Å². The van der Waals surface area contributed by atoms with Crippen molar-refractivity contribution in [2.45, 2.75) is 38.6 Å². The van der Waals surface area contributed by atoms with Crippen LogP contribution in [0.25, 0.3) is 0 Å². The fourth-order valence-corrected chi connectivity index (χ4v) is 3.17. The van der Waals surface area contributed by atoms with E-state index in [9.17, 15) is 8.42 Å². The van der Waals surface area contributed by atoms with E-state index >= 15 is 0 Å². The molecule has 1 aromatic rings. The van der Waals surface area contributed by atoms with E-state index in [4.69, 9.17) is 0 Å². The number of benzene rings is 1. The zero-order chi connectivity index (χ0) is 13.7. The maximum Gasteiger partial charge on any atom is 0.232 e. The van der Waals surface area contributed by atoms with Gasteiger partial charge in [-0.15, -0.1) is 0 Å². The van der Waals surface area contributed by atoms with Gasteiger partial charge in [-0.3, -0.25) is 4.72 Å². The molecule has 4 nitrogen and oxygen atoms in total. The van der Waals surface area contributed by atoms with Crippen molar-refractivity contribution in [1.82, 2.24) is 5.32 Å². The largest absolute Gasteiger partial charge is 0.314 e. The summed E-state index contributed by atoms with van der Waals surface area (Å²) < 4.78 is 26.5. The molecule has 0 aromatic heterocycles. The van der Waals surface area contributed by atoms with Crippen LogP contribution in [0.4, 0.5) is 5.69 Å². The van der Waals surface area contributed by atoms with E-state index < -0.39 is 10.0 Å². The van der Waals surface area contributed by atoms with Crippen molar-refractivity contribution < 1.29 is 8.42 Å². The van der Waals surface area contributed by atoms with E-state index in [1.807, 2.05) is 25.1 Å². The van der Waals surface area contributed by atoms with Crippen LogP contribution in [0.2, 0.25) is 0 Å². The van der Waals surface area contributed by atoms with E-state index in [0.29, 0.717) is 18.2 Å². The molecule has 0 aliphatic heterocycles. The first-order valence-corrected chi connectivity index (χ1v) is 8.51. The lowest BCUT2D eigenvalue weighted by Gasteiger charge is -2.10. The van der Waals surface area contributed by atoms with Gasteiger partial charge >= 0.3 is 0 Å². The monoisotopic (exact) mass is 282 g/mol. The molecule has 0 spiro atoms. The summed E-state index contributed by atoms with van der Waals surface area (Å²) in [6.07, 6.45) is 4.15. The zero-order valence-corrected chi connectivity index (χ0v) is 12.2. The minimum Gasteiger partial charge on any atom is -0.314 e. The maximum absolute atomic E-state index is 11.9. The van der Waals surface area contributed by atoms with Crippen LogP contribution in [0.3, 0.4) is 0 Å². The van der Waals surface area contributed by atoms with Gasteiger partial charge in [0, 0.05) is 6.04 Å². The Morgan fingerprint density at radius 3 is 2.63 bits per heavy atom. The fraction of sp³-hybridized carbons (Fsp3) is 0.571. The molecule has 0 bridgehead atoms. The molecule has 0 heterocycles. The molecular formula is C14H22N2O2S. The van der Waals surface area contributed by atoms with Crippen LogP contribution in [-0.4, -0.2) is 26.8 Å². The molecule has 19 heavy (non-hydrogen) atoms. The molecule has 1 aromatic carbocycles. The summed E-state index contributed by atoms with van der Waals surface area (Å²) in [4.78, 5) is 0. The zero-order valence-electron chi connectivity index (χ0n) is 11.4. The first kappa shape index (κ1) is 14.3. The summed E-state index contributed by atoms with van der Waals surface area (Å²) in [6, 6.07) is 8.13. The van der Waals surface area contributed by atoms with Crippen molar-refractivity contribution >= 4 is 15.7 Å². The topological polar surface area (TPSA) is 58.2 Å². The van der Waals surface area contributed by atoms with Crippen LogP contribution in [0, 0.1) is 6.92 Å². The Hall–Kier alpha value is -1.07. The third-order valence-electron chi connectivity index (χ3n) is 3.26. The molecule has 0 amide bonds. The Morgan fingerprint density at radius 2 is 1.95 bits per heavy atom. The van der Waals surface area contributed by atoms with Gasteiger partial charge in [0.2, 0.25) is 10.0 Å². The summed E-state index contributed by atoms with van der Waals surface area (Å²) in [5.74, 6) is 0.188. The lowest BCUT2D eigenvalue weighted by Crippen LogP contribution is -2.20. The summed E-state index contributed by atoms with van der Waals surface area (Å²) >= 11 is 0. The lowest BCUT2D eigenvalue weighted by molar-refractivity contribution is 0.591. The number of para-hydroxylation sites is 1. The van der Waals surface area contributed by atoms with Gasteiger partial charge in [0.25, 0.3) is 0 Å². The van der Waals surface area contributed by atoms with Crippen LogP contribution in [0.15, 0.2) is 24.3 Å². The van der Waals surface area contributed by atoms with Crippen molar-refractivity contribution in [2.75, 3.05) is 17.0 Å². The van der Waals surface area contributed by atoms with Gasteiger partial charge in [-0.05, 0) is 50.8 Å². The minimum absolute atomic E-state index is 0.188. The molecule has 0 radical (unpaired) electrons. The standard InChI is InChI=1S/C14H22N2O2S/c1-12-6-2-3-7-14(12)16-19(17,18)11-5-4-10-15-13-8-9-13/h2-3,6-7,13,15-16H,4-5,8-11H2,1H3. The van der Waals surface area contributed by atoms with E-state index in [-0.39, 0.29) is 5.75 Å². The SMILES string of the molecule is Cc1ccccc1NS(=O)(=O)CCCCNC1CC1. The van der Waals surface area contributed by atoms with E-state index in [0.717, 1.165) is 18.5 Å². The second-order valence-corrected chi connectivity index (χ2v) is 7.01. The van der Waals surface area contributed by atoms with Gasteiger partial charge < -0.3 is 5.32 Å². The van der Waals surface area contributed by atoms with Crippen molar-refractivity contribution in [2.24, 2.45) is 0 Å². The average molecular weight is 282 g/mol. The Labute approximate surface area is 115 Å². The summed E-state index contributed by atoms with van der Waals surface area (Å²) in [5.41, 5.74) is 1.63. The molecule has 0 atom stereocenters. The van der Waals surface area contributed by atoms with Crippen molar-refractivity contribution in [3.05, 3.63) is 29.8 Å². The molecule has 106 valence electrons. The molecular weight excluding hydrogens is 260 g/mol. The normalized spacial score (nSPS) is 15.4. The third kappa shape index (κ3) is 5.20. The molecule has 1 aliphatic rings. The molecule has 1 saturated carbocycles. The summed E-state index contributed by atoms with van der Waals surface area (Å²) in [7, 11) is -3.22. The first-order valence-electron chi connectivity index (χ1n) is 6.86. The fourth-order valence-electron chi connectivity index (χ4n) is 1.92. The summed E-state index contributed by atoms with van der Waals surface area (Å²) in [6.45, 7) is 2.82. The molecule has 2 N–H and O–H groups in total. The Morgan fingerprint density at radius 1 is 1.21 bits per heavy atom. The number of hydrogen-bond acceptors (Lipinski definition) is 3. The highest BCUT2D eigenvalue weighted by atomic mass is 32.2. The van der Waals surface area contributed by atoms with Crippen LogP contribution in [0.5, 0.6) is 0 Å². The van der Waals surface area contributed by atoms with E-state index in [1.165, 1.54) is 12.8 Å². The van der Waals surface area contributed by atoms with Crippen molar-refractivity contribution in [3.63, 3.8) is 0 Å². The van der Waals surface area contributed by atoms with Crippen LogP contribution >= 0.6 is 0 Å². The van der Waals surface area contributed by atoms with Crippen molar-refractivity contribution in [1.29, 1.82) is 0 Å². The van der Waals surface area contributed by atoms with Crippen LogP contribution in [0.1, 0.15) is 31.2 Å². The predicted molar refractivity (Wildman–Crippen MR) is 78.8 cm³/mol. The highest BCUT2D eigenvalue weighted by Gasteiger charge is 2.19. The molecule has 1 aliphatic carbocycles. The van der Waals surface area contributed by atoms with Crippen LogP contribution in [-0.2, 0) is 10.0 Å². The molecule has 1 fully saturated rings. The van der Waals surface area contributed by atoms with Gasteiger partial charge in [0.15, 0.2) is 0 Å². The van der Waals surface area contributed by atoms with Crippen LogP contribution < -0.4 is 10.0 Å². The molecule has 0 unspecified atom stereocenters. The first-order chi connectivity index (χ1) is 9.07. The van der Waals surface area contributed by atoms with E-state index in [2.05, 4.69) is 10.0 Å². The van der Waals surface area contributed by atoms with Gasteiger partial charge in [-0.25, -0.2) is 8.42 Å². The Kier molecular flexibility index (Phi) is 4.82. The lowest BCUT2D eigenvalue weighted by atomic mass is 10.2. The number of rotatable bonds is 8. The average Bonchev–Trinajstić information content (AvgIpc) is 3.15. The van der Waals surface area contributed by atoms with Gasteiger partial charge in [-0.1, -0.05) is 18.2 Å². The van der Waals surface area contributed by atoms with Gasteiger partial charge in [0.1, 0.15) is 0 Å². The summed E-state index contributed by atoms with van der Waals surface area (Å²) in [5, 5.41) is 3.39. The number of sulfonamides is 1. The number of hydrogen-bond donors (Lipinski definition) is 2. The Bertz CT molecular complexity index is 510. The number of nitrogens with one attached hydrogen (secondary N) is 2. The third-order valence-corrected chi connectivity index (χ3v) is 4.62. The quantitative estimate of drug-likeness (QED) is 0.719. The maximum atomic E-state index is 11.9. The predicted octanol–water partition coefficient (Wildman–Crippen LogP) is 2.27. The number of unbranched alkanes of at least 4 members (excludes halogenated alkanes) is 1. The Balaban J connectivity index is 1.73. The second kappa shape index (κ2) is 6.39. The van der Waals surface area contributed by atoms with Gasteiger partial charge in [-0.2, -0.15) is 0 Å². The smallest absolute Gasteiger partial charge is 0.232 e. The number of anilines is 1. The second-order valence-electron chi connectivity index (χ2n) is 5.17. The van der Waals surface area contributed by atoms with Crippen molar-refractivity contribution in [3.8, 4) is 0 Å². The highest BCUT2D eigenvalue weighted by molar-refractivity contribution is 7.92. The molecule has 0 saturated heterocycles. The number of aryl methyl sites for hydroxylation is 1. The van der Waals surface area contributed by atoms with Gasteiger partial charge in [0.05, 0.1) is 11.4 Å². The highest BCUT2D eigenvalue weighted by Crippen LogP contribution is 2.18. The molecule has 2 rings (SSSR count). The minimum atomic E-state index is -3.22. The molecule has 5 heteroatoms.